The molecule has 3 aromatic rings. The number of aromatic hydroxyl groups is 1. The van der Waals surface area contributed by atoms with Crippen LogP contribution in [0.5, 0.6) is 11.5 Å². The Labute approximate surface area is 234 Å². The van der Waals surface area contributed by atoms with Gasteiger partial charge in [0.15, 0.2) is 0 Å². The fraction of sp³-hybridized carbons (Fsp3) is 0.345. The Morgan fingerprint density at radius 3 is 2.48 bits per heavy atom. The zero-order chi connectivity index (χ0) is 29.0. The van der Waals surface area contributed by atoms with Gasteiger partial charge in [0.2, 0.25) is 0 Å². The Balaban J connectivity index is 1.33. The summed E-state index contributed by atoms with van der Waals surface area (Å²) >= 11 is 0. The van der Waals surface area contributed by atoms with Crippen molar-refractivity contribution in [1.82, 2.24) is 10.2 Å². The molecule has 0 bridgehead atoms. The van der Waals surface area contributed by atoms with E-state index in [9.17, 15) is 28.5 Å². The lowest BCUT2D eigenvalue weighted by molar-refractivity contribution is -0.144. The number of aliphatic hydroxyl groups is 2. The number of hydrogen-bond donors (Lipinski definition) is 5. The second-order valence-electron chi connectivity index (χ2n) is 9.29. The third-order valence-electron chi connectivity index (χ3n) is 6.14. The van der Waals surface area contributed by atoms with Crippen LogP contribution < -0.4 is 14.9 Å². The molecule has 11 heteroatoms. The zero-order valence-corrected chi connectivity index (χ0v) is 23.2. The molecular weight excluding hydrogens is 536 g/mol. The summed E-state index contributed by atoms with van der Waals surface area (Å²) in [5.74, 6) is 0.0283. The second-order valence-corrected chi connectivity index (χ2v) is 10.9. The van der Waals surface area contributed by atoms with Gasteiger partial charge in [0.05, 0.1) is 24.2 Å². The molecule has 40 heavy (non-hydrogen) atoms. The first kappa shape index (κ1) is 31.1. The average Bonchev–Trinajstić information content (AvgIpc) is 2.95. The summed E-state index contributed by atoms with van der Waals surface area (Å²) in [6.45, 7) is 2.37. The lowest BCUT2D eigenvalue weighted by atomic mass is 10.1. The van der Waals surface area contributed by atoms with Gasteiger partial charge >= 0.3 is 5.97 Å². The maximum atomic E-state index is 12.2. The molecule has 0 aliphatic carbocycles. The molecule has 0 aliphatic heterocycles. The number of sulfonamides is 1. The third-order valence-corrected chi connectivity index (χ3v) is 7.32. The number of hydrogen-bond acceptors (Lipinski definition) is 9. The predicted octanol–water partition coefficient (Wildman–Crippen LogP) is 2.91. The zero-order valence-electron chi connectivity index (χ0n) is 22.4. The molecule has 0 saturated heterocycles. The lowest BCUT2D eigenvalue weighted by Crippen LogP contribution is -2.26. The van der Waals surface area contributed by atoms with Crippen LogP contribution in [-0.2, 0) is 39.1 Å². The molecule has 10 nitrogen and oxygen atoms in total. The van der Waals surface area contributed by atoms with Gasteiger partial charge < -0.3 is 30.2 Å². The van der Waals surface area contributed by atoms with Crippen molar-refractivity contribution in [1.29, 1.82) is 0 Å². The number of aryl methyl sites for hydroxylation is 1. The molecule has 3 aromatic carbocycles. The topological polar surface area (TPSA) is 154 Å². The number of carbonyl (C=O) groups excluding carboxylic acids is 1. The van der Waals surface area contributed by atoms with Crippen LogP contribution in [0.15, 0.2) is 71.6 Å². The van der Waals surface area contributed by atoms with E-state index < -0.39 is 22.1 Å². The molecule has 1 atom stereocenters. The Morgan fingerprint density at radius 2 is 1.75 bits per heavy atom. The van der Waals surface area contributed by atoms with Gasteiger partial charge in [-0.15, -0.1) is 0 Å². The molecule has 0 saturated carbocycles. The fourth-order valence-corrected chi connectivity index (χ4v) is 4.82. The fourth-order valence-electron chi connectivity index (χ4n) is 3.93. The molecule has 5 N–H and O–H groups in total. The molecule has 3 rings (SSSR count). The van der Waals surface area contributed by atoms with Crippen LogP contribution in [0.1, 0.15) is 48.1 Å². The van der Waals surface area contributed by atoms with Crippen molar-refractivity contribution in [3.63, 3.8) is 0 Å². The van der Waals surface area contributed by atoms with Crippen molar-refractivity contribution >= 4 is 16.0 Å². The molecular formula is C29H36N2O8S. The highest BCUT2D eigenvalue weighted by atomic mass is 32.2. The molecule has 0 fully saturated rings. The lowest BCUT2D eigenvalue weighted by Gasteiger charge is -2.14. The van der Waals surface area contributed by atoms with Gasteiger partial charge in [0.1, 0.15) is 11.5 Å². The minimum absolute atomic E-state index is 0.00698. The summed E-state index contributed by atoms with van der Waals surface area (Å²) in [7, 11) is -3.93. The summed E-state index contributed by atoms with van der Waals surface area (Å²) < 4.78 is 30.2. The van der Waals surface area contributed by atoms with E-state index in [0.29, 0.717) is 37.2 Å². The monoisotopic (exact) mass is 572 g/mol. The van der Waals surface area contributed by atoms with Crippen molar-refractivity contribution in [3.05, 3.63) is 89.0 Å². The Hall–Kier alpha value is -3.48. The van der Waals surface area contributed by atoms with Gasteiger partial charge in [-0.2, -0.15) is 0 Å². The molecule has 216 valence electrons. The van der Waals surface area contributed by atoms with E-state index >= 15 is 0 Å². The van der Waals surface area contributed by atoms with E-state index in [1.165, 1.54) is 12.1 Å². The quantitative estimate of drug-likeness (QED) is 0.129. The van der Waals surface area contributed by atoms with Crippen molar-refractivity contribution in [2.75, 3.05) is 19.7 Å². The van der Waals surface area contributed by atoms with E-state index in [1.54, 1.807) is 29.2 Å². The van der Waals surface area contributed by atoms with Gasteiger partial charge in [-0.25, -0.2) is 8.42 Å². The number of phenols is 1. The van der Waals surface area contributed by atoms with Crippen molar-refractivity contribution in [2.45, 2.75) is 50.2 Å². The number of carbonyl (C=O) groups is 1. The summed E-state index contributed by atoms with van der Waals surface area (Å²) in [6.07, 6.45) is 2.30. The van der Waals surface area contributed by atoms with E-state index in [-0.39, 0.29) is 17.3 Å². The Kier molecular flexibility index (Phi) is 11.9. The number of rotatable bonds is 16. The standard InChI is InChI=1S/C29H36N2O8S/c1-21(33)39-31-40(36,37)27-7-4-6-23(17-27)5-2-3-16-38-26-11-8-22(9-12-26)14-15-30-19-29(35)24-10-13-28(34)25(18-24)20-32/h4,6-13,17-18,29-32,34-35H,2-3,5,14-16,19-20H2,1H3/t29-/m1/s1. The number of ether oxygens (including phenoxy) is 1. The van der Waals surface area contributed by atoms with E-state index in [2.05, 4.69) is 10.2 Å². The van der Waals surface area contributed by atoms with Gasteiger partial charge in [0, 0.05) is 19.0 Å². The van der Waals surface area contributed by atoms with Gasteiger partial charge in [0.25, 0.3) is 10.0 Å². The molecule has 0 aliphatic rings. The molecule has 0 spiro atoms. The minimum atomic E-state index is -3.93. The van der Waals surface area contributed by atoms with Crippen molar-refractivity contribution in [2.24, 2.45) is 0 Å². The average molecular weight is 573 g/mol. The van der Waals surface area contributed by atoms with Crippen LogP contribution in [0, 0.1) is 0 Å². The first-order valence-electron chi connectivity index (χ1n) is 13.0. The largest absolute Gasteiger partial charge is 0.508 e. The number of nitrogens with one attached hydrogen (secondary N) is 2. The summed E-state index contributed by atoms with van der Waals surface area (Å²) in [4.78, 5) is 17.1. The summed E-state index contributed by atoms with van der Waals surface area (Å²) in [5.41, 5.74) is 2.99. The molecule has 0 unspecified atom stereocenters. The second kappa shape index (κ2) is 15.3. The van der Waals surface area contributed by atoms with Gasteiger partial charge in [-0.05, 0) is 90.2 Å². The van der Waals surface area contributed by atoms with E-state index in [1.807, 2.05) is 30.3 Å². The maximum absolute atomic E-state index is 12.2. The van der Waals surface area contributed by atoms with Crippen LogP contribution in [0.2, 0.25) is 0 Å². The minimum Gasteiger partial charge on any atom is -0.508 e. The van der Waals surface area contributed by atoms with Gasteiger partial charge in [-0.3, -0.25) is 4.79 Å². The molecule has 0 heterocycles. The molecule has 0 amide bonds. The normalized spacial score (nSPS) is 12.2. The summed E-state index contributed by atoms with van der Waals surface area (Å²) in [5, 5.41) is 32.5. The van der Waals surface area contributed by atoms with Crippen molar-refractivity contribution < 1.29 is 38.1 Å². The van der Waals surface area contributed by atoms with Crippen LogP contribution in [0.4, 0.5) is 0 Å². The van der Waals surface area contributed by atoms with Crippen LogP contribution in [0.3, 0.4) is 0 Å². The smallest absolute Gasteiger partial charge is 0.323 e. The van der Waals surface area contributed by atoms with E-state index in [4.69, 9.17) is 4.74 Å². The SMILES string of the molecule is CC(=O)ONS(=O)(=O)c1cccc(CCCCOc2ccc(CCNC[C@@H](O)c3ccc(O)c(CO)c3)cc2)c1. The van der Waals surface area contributed by atoms with Crippen LogP contribution in [0.25, 0.3) is 0 Å². The number of unbranched alkanes of at least 4 members (excludes halogenated alkanes) is 1. The van der Waals surface area contributed by atoms with Crippen LogP contribution >= 0.6 is 0 Å². The third kappa shape index (κ3) is 9.92. The maximum Gasteiger partial charge on any atom is 0.323 e. The number of aliphatic hydroxyl groups excluding tert-OH is 2. The molecule has 0 aromatic heterocycles. The van der Waals surface area contributed by atoms with Crippen molar-refractivity contribution in [3.8, 4) is 11.5 Å². The number of benzene rings is 3. The Morgan fingerprint density at radius 1 is 0.975 bits per heavy atom. The summed E-state index contributed by atoms with van der Waals surface area (Å²) in [6, 6.07) is 19.0. The first-order chi connectivity index (χ1) is 19.2. The van der Waals surface area contributed by atoms with E-state index in [0.717, 1.165) is 43.1 Å². The highest BCUT2D eigenvalue weighted by Crippen LogP contribution is 2.22. The highest BCUT2D eigenvalue weighted by molar-refractivity contribution is 7.89. The predicted molar refractivity (Wildman–Crippen MR) is 149 cm³/mol. The molecule has 0 radical (unpaired) electrons. The van der Waals surface area contributed by atoms with Gasteiger partial charge in [-0.1, -0.05) is 30.3 Å². The first-order valence-corrected chi connectivity index (χ1v) is 14.5. The Bertz CT molecular complexity index is 1350. The highest BCUT2D eigenvalue weighted by Gasteiger charge is 2.16. The van der Waals surface area contributed by atoms with Crippen LogP contribution in [-0.4, -0.2) is 49.4 Å².